The third-order valence-electron chi connectivity index (χ3n) is 10.6. The van der Waals surface area contributed by atoms with Gasteiger partial charge in [0.1, 0.15) is 31.0 Å². The molecule has 3 unspecified atom stereocenters. The van der Waals surface area contributed by atoms with E-state index in [2.05, 4.69) is 16.4 Å². The van der Waals surface area contributed by atoms with Crippen LogP contribution in [0, 0.1) is 18.3 Å². The molecule has 0 saturated heterocycles. The van der Waals surface area contributed by atoms with Crippen LogP contribution in [-0.4, -0.2) is 53.4 Å². The third kappa shape index (κ3) is 9.06. The zero-order valence-electron chi connectivity index (χ0n) is 32.9. The van der Waals surface area contributed by atoms with Gasteiger partial charge in [-0.2, -0.15) is 9.57 Å². The molecule has 13 nitrogen and oxygen atoms in total. The van der Waals surface area contributed by atoms with Crippen molar-refractivity contribution in [3.63, 3.8) is 0 Å². The molecule has 3 heterocycles. The number of halogens is 2. The normalized spacial score (nSPS) is 16.4. The molecular weight excluding hydrogens is 874 g/mol. The summed E-state index contributed by atoms with van der Waals surface area (Å²) in [6.07, 6.45) is -0.637. The first-order valence-corrected chi connectivity index (χ1v) is 22.3. The topological polar surface area (TPSA) is 194 Å². The molecule has 6 aromatic rings. The maximum atomic E-state index is 14.4. The molecule has 0 fully saturated rings. The van der Waals surface area contributed by atoms with E-state index in [0.717, 1.165) is 37.9 Å². The van der Waals surface area contributed by atoms with Gasteiger partial charge in [-0.25, -0.2) is 18.2 Å². The van der Waals surface area contributed by atoms with E-state index in [9.17, 15) is 23.1 Å². The van der Waals surface area contributed by atoms with Crippen LogP contribution in [0.4, 0.5) is 5.13 Å². The summed E-state index contributed by atoms with van der Waals surface area (Å²) in [7, 11) is -4.38. The van der Waals surface area contributed by atoms with Crippen molar-refractivity contribution in [1.82, 2.24) is 14.6 Å². The van der Waals surface area contributed by atoms with Gasteiger partial charge in [0, 0.05) is 13.0 Å². The Labute approximate surface area is 371 Å². The maximum Gasteiger partial charge on any atom is 0.326 e. The fourth-order valence-corrected chi connectivity index (χ4v) is 10.7. The number of rotatable bonds is 12. The zero-order valence-corrected chi connectivity index (χ0v) is 36.0. The number of aryl methyl sites for hydroxylation is 1. The number of hydrogen-bond acceptors (Lipinski definition) is 11. The fourth-order valence-electron chi connectivity index (χ4n) is 7.36. The van der Waals surface area contributed by atoms with Crippen LogP contribution in [0.3, 0.4) is 0 Å². The van der Waals surface area contributed by atoms with Gasteiger partial charge < -0.3 is 30.4 Å². The number of carbonyl (C=O) groups excluding carboxylic acids is 1. The molecule has 0 radical (unpaired) electrons. The van der Waals surface area contributed by atoms with Gasteiger partial charge in [0.25, 0.3) is 10.0 Å². The first-order chi connectivity index (χ1) is 29.7. The molecule has 1 aromatic heterocycles. The molecule has 3 atom stereocenters. The largest absolute Gasteiger partial charge is 0.489 e. The van der Waals surface area contributed by atoms with Crippen molar-refractivity contribution in [3.05, 3.63) is 152 Å². The van der Waals surface area contributed by atoms with Crippen molar-refractivity contribution >= 4 is 61.6 Å². The number of hydrogen-bond donors (Lipinski definition) is 3. The van der Waals surface area contributed by atoms with Gasteiger partial charge >= 0.3 is 5.97 Å². The molecular formula is C45H37Cl2N5O8S2. The number of aromatic nitrogens is 1. The number of carboxylic acids is 1. The number of thiazole rings is 1. The number of fused-ring (bicyclic) bond motifs is 2. The van der Waals surface area contributed by atoms with Crippen LogP contribution in [0.1, 0.15) is 45.2 Å². The summed E-state index contributed by atoms with van der Waals surface area (Å²) in [5.74, 6) is -0.611. The highest BCUT2D eigenvalue weighted by Crippen LogP contribution is 2.42. The van der Waals surface area contributed by atoms with Crippen molar-refractivity contribution in [2.75, 3.05) is 12.3 Å². The lowest BCUT2D eigenvalue weighted by atomic mass is 9.94. The Bertz CT molecular complexity index is 2830. The highest BCUT2D eigenvalue weighted by atomic mass is 35.5. The fraction of sp³-hybridized carbons (Fsp3) is 0.200. The molecule has 0 spiro atoms. The quantitative estimate of drug-likeness (QED) is 0.108. The van der Waals surface area contributed by atoms with Crippen molar-refractivity contribution in [2.24, 2.45) is 0 Å². The van der Waals surface area contributed by atoms with Crippen LogP contribution < -0.4 is 25.3 Å². The second-order valence-electron chi connectivity index (χ2n) is 14.8. The van der Waals surface area contributed by atoms with Crippen molar-refractivity contribution in [2.45, 2.75) is 55.3 Å². The number of sulfonamides is 1. The number of nitrogen functional groups attached to an aromatic ring is 1. The standard InChI is InChI=1S/C45H37Cl2N5O8S2/c1-25-44(61-45(49)50-25)62(56,57)52-22-33-20-40-39(59-24-41(60-40)31-11-13-34(14-12-31)58-23-28-6-15-35(46)36(47)16-28)19-32(33)18-38(52)42(53)51-37(43(54)55)17-26-2-7-29(8-3-26)30-9-4-27(21-48)5-10-30/h2-16,19-20,37-38,41H,17-18,22-24H2,1H3,(H2,49,50)(H,51,53)(H,54,55). The Morgan fingerprint density at radius 2 is 1.65 bits per heavy atom. The third-order valence-corrected chi connectivity index (χ3v) is 14.8. The van der Waals surface area contributed by atoms with E-state index in [0.29, 0.717) is 56.2 Å². The van der Waals surface area contributed by atoms with Gasteiger partial charge in [-0.05, 0) is 101 Å². The van der Waals surface area contributed by atoms with Gasteiger partial charge in [0.2, 0.25) is 5.91 Å². The number of nitrogens with zero attached hydrogens (tertiary/aromatic N) is 3. The molecule has 2 aliphatic rings. The predicted octanol–water partition coefficient (Wildman–Crippen LogP) is 7.90. The average Bonchev–Trinajstić information content (AvgIpc) is 3.63. The molecule has 316 valence electrons. The average molecular weight is 911 g/mol. The second-order valence-corrected chi connectivity index (χ2v) is 18.7. The van der Waals surface area contributed by atoms with Gasteiger partial charge in [-0.3, -0.25) is 4.79 Å². The Kier molecular flexibility index (Phi) is 12.1. The van der Waals surface area contributed by atoms with Crippen LogP contribution in [0.15, 0.2) is 107 Å². The predicted molar refractivity (Wildman–Crippen MR) is 234 cm³/mol. The van der Waals surface area contributed by atoms with Crippen molar-refractivity contribution in [3.8, 4) is 34.4 Å². The minimum atomic E-state index is -4.38. The number of carboxylic acid groups (broad SMARTS) is 1. The molecule has 8 rings (SSSR count). The van der Waals surface area contributed by atoms with E-state index in [-0.39, 0.29) is 41.0 Å². The monoisotopic (exact) mass is 909 g/mol. The number of nitriles is 1. The van der Waals surface area contributed by atoms with Crippen LogP contribution >= 0.6 is 34.5 Å². The molecule has 1 amide bonds. The number of nitrogens with one attached hydrogen (secondary N) is 1. The Balaban J connectivity index is 1.01. The van der Waals surface area contributed by atoms with E-state index in [4.69, 9.17) is 48.4 Å². The first-order valence-electron chi connectivity index (χ1n) is 19.2. The number of nitrogens with two attached hydrogens (primary N) is 1. The van der Waals surface area contributed by atoms with E-state index in [1.807, 2.05) is 54.6 Å². The van der Waals surface area contributed by atoms with Crippen LogP contribution in [-0.2, 0) is 45.6 Å². The van der Waals surface area contributed by atoms with E-state index < -0.39 is 40.1 Å². The summed E-state index contributed by atoms with van der Waals surface area (Å²) in [6, 6.07) is 29.8. The highest BCUT2D eigenvalue weighted by molar-refractivity contribution is 7.91. The molecule has 2 aliphatic heterocycles. The summed E-state index contributed by atoms with van der Waals surface area (Å²) < 4.78 is 48.3. The van der Waals surface area contributed by atoms with E-state index in [1.165, 1.54) is 6.92 Å². The Hall–Kier alpha value is -6.15. The molecule has 62 heavy (non-hydrogen) atoms. The minimum Gasteiger partial charge on any atom is -0.489 e. The molecule has 0 aliphatic carbocycles. The molecule has 17 heteroatoms. The van der Waals surface area contributed by atoms with Crippen LogP contribution in [0.2, 0.25) is 10.0 Å². The summed E-state index contributed by atoms with van der Waals surface area (Å²) in [6.45, 7) is 1.77. The lowest BCUT2D eigenvalue weighted by Crippen LogP contribution is -2.55. The number of anilines is 1. The molecule has 0 saturated carbocycles. The summed E-state index contributed by atoms with van der Waals surface area (Å²) >= 11 is 13.0. The zero-order chi connectivity index (χ0) is 43.7. The SMILES string of the molecule is Cc1nc(N)sc1S(=O)(=O)N1Cc2cc3c(cc2CC1C(=O)NC(Cc1ccc(-c2ccc(C#N)cc2)cc1)C(=O)O)OCC(c1ccc(OCc2ccc(Cl)c(Cl)c2)cc1)O3. The first kappa shape index (κ1) is 42.5. The molecule has 4 N–H and O–H groups in total. The number of ether oxygens (including phenoxy) is 3. The Morgan fingerprint density at radius 3 is 2.29 bits per heavy atom. The van der Waals surface area contributed by atoms with Gasteiger partial charge in [-0.1, -0.05) is 89.1 Å². The van der Waals surface area contributed by atoms with Gasteiger partial charge in [0.15, 0.2) is 26.9 Å². The smallest absolute Gasteiger partial charge is 0.326 e. The van der Waals surface area contributed by atoms with Crippen LogP contribution in [0.25, 0.3) is 11.1 Å². The Morgan fingerprint density at radius 1 is 0.968 bits per heavy atom. The number of benzene rings is 5. The van der Waals surface area contributed by atoms with Crippen LogP contribution in [0.5, 0.6) is 17.2 Å². The number of carbonyl (C=O) groups is 2. The highest BCUT2D eigenvalue weighted by Gasteiger charge is 2.43. The maximum absolute atomic E-state index is 14.4. The lowest BCUT2D eigenvalue weighted by molar-refractivity contribution is -0.142. The van der Waals surface area contributed by atoms with E-state index in [1.54, 1.807) is 48.5 Å². The summed E-state index contributed by atoms with van der Waals surface area (Å²) in [5, 5.41) is 23.0. The van der Waals surface area contributed by atoms with Gasteiger partial charge in [0.05, 0.1) is 27.4 Å². The van der Waals surface area contributed by atoms with E-state index >= 15 is 0 Å². The molecule has 5 aromatic carbocycles. The second kappa shape index (κ2) is 17.7. The molecule has 0 bridgehead atoms. The summed E-state index contributed by atoms with van der Waals surface area (Å²) in [4.78, 5) is 30.9. The van der Waals surface area contributed by atoms with Crippen molar-refractivity contribution in [1.29, 1.82) is 5.26 Å². The number of amides is 1. The lowest BCUT2D eigenvalue weighted by Gasteiger charge is -2.36. The number of aliphatic carboxylic acids is 1. The van der Waals surface area contributed by atoms with Gasteiger partial charge in [-0.15, -0.1) is 0 Å². The minimum absolute atomic E-state index is 0.0485. The van der Waals surface area contributed by atoms with Crippen molar-refractivity contribution < 1.29 is 37.3 Å². The summed E-state index contributed by atoms with van der Waals surface area (Å²) in [5.41, 5.74) is 11.9.